The zero-order valence-electron chi connectivity index (χ0n) is 6.81. The molecule has 0 saturated heterocycles. The Balaban J connectivity index is 2.60. The molecule has 1 unspecified atom stereocenters. The van der Waals surface area contributed by atoms with Crippen molar-refractivity contribution in [2.75, 3.05) is 0 Å². The number of fused-ring (bicyclic) bond motifs is 1. The summed E-state index contributed by atoms with van der Waals surface area (Å²) in [5.41, 5.74) is 6.54. The molecule has 2 aromatic heterocycles. The summed E-state index contributed by atoms with van der Waals surface area (Å²) in [4.78, 5) is 8.32. The van der Waals surface area contributed by atoms with Gasteiger partial charge in [-0.3, -0.25) is 4.40 Å². The molecule has 2 heterocycles. The van der Waals surface area contributed by atoms with Gasteiger partial charge in [0.25, 0.3) is 0 Å². The van der Waals surface area contributed by atoms with E-state index in [2.05, 4.69) is 9.97 Å². The van der Waals surface area contributed by atoms with Crippen LogP contribution >= 0.6 is 0 Å². The van der Waals surface area contributed by atoms with Crippen molar-refractivity contribution in [3.05, 3.63) is 30.4 Å². The van der Waals surface area contributed by atoms with Crippen molar-refractivity contribution in [2.45, 2.75) is 13.0 Å². The average Bonchev–Trinajstić information content (AvgIpc) is 2.49. The lowest BCUT2D eigenvalue weighted by molar-refractivity contribution is 0.777. The van der Waals surface area contributed by atoms with Crippen molar-refractivity contribution < 1.29 is 0 Å². The van der Waals surface area contributed by atoms with Crippen molar-refractivity contribution in [1.29, 1.82) is 0 Å². The molecule has 4 nitrogen and oxygen atoms in total. The molecular formula is C8H10N4. The molecule has 1 atom stereocenters. The predicted molar refractivity (Wildman–Crippen MR) is 45.6 cm³/mol. The summed E-state index contributed by atoms with van der Waals surface area (Å²) < 4.78 is 1.85. The summed E-state index contributed by atoms with van der Waals surface area (Å²) >= 11 is 0. The topological polar surface area (TPSA) is 56.2 Å². The molecule has 0 bridgehead atoms. The molecule has 0 aliphatic heterocycles. The molecular weight excluding hydrogens is 152 g/mol. The number of rotatable bonds is 1. The molecule has 2 aromatic rings. The summed E-state index contributed by atoms with van der Waals surface area (Å²) in [5, 5.41) is 0. The van der Waals surface area contributed by atoms with Gasteiger partial charge in [-0.15, -0.1) is 0 Å². The monoisotopic (exact) mass is 162 g/mol. The smallest absolute Gasteiger partial charge is 0.233 e. The van der Waals surface area contributed by atoms with Gasteiger partial charge in [0.05, 0.1) is 5.69 Å². The first-order valence-corrected chi connectivity index (χ1v) is 3.82. The summed E-state index contributed by atoms with van der Waals surface area (Å²) in [6.07, 6.45) is 5.48. The van der Waals surface area contributed by atoms with Gasteiger partial charge < -0.3 is 5.73 Å². The van der Waals surface area contributed by atoms with E-state index in [9.17, 15) is 0 Å². The van der Waals surface area contributed by atoms with Gasteiger partial charge in [0.1, 0.15) is 0 Å². The van der Waals surface area contributed by atoms with Crippen LogP contribution < -0.4 is 5.73 Å². The Morgan fingerprint density at radius 2 is 2.33 bits per heavy atom. The average molecular weight is 162 g/mol. The Hall–Kier alpha value is -1.42. The number of aromatic nitrogens is 3. The van der Waals surface area contributed by atoms with Gasteiger partial charge in [0.15, 0.2) is 0 Å². The molecule has 0 amide bonds. The number of imidazole rings is 1. The van der Waals surface area contributed by atoms with E-state index in [0.29, 0.717) is 5.78 Å². The van der Waals surface area contributed by atoms with Crippen molar-refractivity contribution >= 4 is 5.78 Å². The Kier molecular flexibility index (Phi) is 1.55. The van der Waals surface area contributed by atoms with E-state index in [-0.39, 0.29) is 6.04 Å². The van der Waals surface area contributed by atoms with Crippen LogP contribution in [0.5, 0.6) is 0 Å². The second kappa shape index (κ2) is 2.57. The number of nitrogens with two attached hydrogens (primary N) is 1. The maximum absolute atomic E-state index is 5.67. The van der Waals surface area contributed by atoms with Crippen LogP contribution in [0.25, 0.3) is 5.78 Å². The van der Waals surface area contributed by atoms with Crippen LogP contribution in [-0.2, 0) is 0 Å². The van der Waals surface area contributed by atoms with E-state index in [1.807, 2.05) is 29.8 Å². The molecule has 2 N–H and O–H groups in total. The van der Waals surface area contributed by atoms with E-state index in [4.69, 9.17) is 5.73 Å². The first-order valence-electron chi connectivity index (χ1n) is 3.82. The van der Waals surface area contributed by atoms with Gasteiger partial charge in [0, 0.05) is 24.6 Å². The summed E-state index contributed by atoms with van der Waals surface area (Å²) in [6, 6.07) is 1.87. The highest BCUT2D eigenvalue weighted by Crippen LogP contribution is 2.06. The van der Waals surface area contributed by atoms with Crippen molar-refractivity contribution in [3.63, 3.8) is 0 Å². The van der Waals surface area contributed by atoms with E-state index in [1.165, 1.54) is 0 Å². The lowest BCUT2D eigenvalue weighted by atomic mass is 10.2. The van der Waals surface area contributed by atoms with Crippen LogP contribution in [0.2, 0.25) is 0 Å². The number of hydrogen-bond donors (Lipinski definition) is 1. The van der Waals surface area contributed by atoms with Crippen molar-refractivity contribution in [3.8, 4) is 0 Å². The lowest BCUT2D eigenvalue weighted by Crippen LogP contribution is -2.08. The molecule has 0 aliphatic carbocycles. The van der Waals surface area contributed by atoms with Crippen LogP contribution in [0.1, 0.15) is 18.7 Å². The van der Waals surface area contributed by atoms with E-state index >= 15 is 0 Å². The third-order valence-corrected chi connectivity index (χ3v) is 1.75. The fourth-order valence-electron chi connectivity index (χ4n) is 1.07. The standard InChI is InChI=1S/C8H10N4/c1-6(9)7-2-4-12-5-3-10-8(12)11-7/h2-6H,9H2,1H3. The maximum Gasteiger partial charge on any atom is 0.233 e. The lowest BCUT2D eigenvalue weighted by Gasteiger charge is -2.03. The molecule has 0 fully saturated rings. The first-order chi connectivity index (χ1) is 5.77. The van der Waals surface area contributed by atoms with Crippen LogP contribution in [0, 0.1) is 0 Å². The molecule has 4 heteroatoms. The third kappa shape index (κ3) is 1.06. The van der Waals surface area contributed by atoms with Gasteiger partial charge >= 0.3 is 0 Å². The van der Waals surface area contributed by atoms with Gasteiger partial charge in [-0.2, -0.15) is 0 Å². The second-order valence-corrected chi connectivity index (χ2v) is 2.78. The van der Waals surface area contributed by atoms with Crippen molar-refractivity contribution in [2.24, 2.45) is 5.73 Å². The fourth-order valence-corrected chi connectivity index (χ4v) is 1.07. The molecule has 0 radical (unpaired) electrons. The molecule has 2 rings (SSSR count). The Morgan fingerprint density at radius 3 is 3.08 bits per heavy atom. The van der Waals surface area contributed by atoms with Crippen molar-refractivity contribution in [1.82, 2.24) is 14.4 Å². The minimum atomic E-state index is -0.0355. The normalized spacial score (nSPS) is 13.5. The minimum Gasteiger partial charge on any atom is -0.323 e. The predicted octanol–water partition coefficient (Wildman–Crippen LogP) is 0.749. The molecule has 0 spiro atoms. The Morgan fingerprint density at radius 1 is 1.50 bits per heavy atom. The second-order valence-electron chi connectivity index (χ2n) is 2.78. The number of hydrogen-bond acceptors (Lipinski definition) is 3. The highest BCUT2D eigenvalue weighted by atomic mass is 15.1. The Labute approximate surface area is 70.1 Å². The zero-order valence-corrected chi connectivity index (χ0v) is 6.81. The SMILES string of the molecule is CC(N)c1ccn2ccnc2n1. The first kappa shape index (κ1) is 7.24. The van der Waals surface area contributed by atoms with Crippen LogP contribution in [0.3, 0.4) is 0 Å². The van der Waals surface area contributed by atoms with E-state index < -0.39 is 0 Å². The summed E-state index contributed by atoms with van der Waals surface area (Å²) in [7, 11) is 0. The maximum atomic E-state index is 5.67. The van der Waals surface area contributed by atoms with E-state index in [0.717, 1.165) is 5.69 Å². The van der Waals surface area contributed by atoms with Crippen LogP contribution in [0.4, 0.5) is 0 Å². The quantitative estimate of drug-likeness (QED) is 0.673. The fraction of sp³-hybridized carbons (Fsp3) is 0.250. The minimum absolute atomic E-state index is 0.0355. The van der Waals surface area contributed by atoms with Crippen LogP contribution in [0.15, 0.2) is 24.7 Å². The molecule has 0 aliphatic rings. The molecule has 12 heavy (non-hydrogen) atoms. The summed E-state index contributed by atoms with van der Waals surface area (Å²) in [6.45, 7) is 1.90. The third-order valence-electron chi connectivity index (χ3n) is 1.75. The van der Waals surface area contributed by atoms with Gasteiger partial charge in [-0.1, -0.05) is 0 Å². The highest BCUT2D eigenvalue weighted by molar-refractivity contribution is 5.29. The highest BCUT2D eigenvalue weighted by Gasteiger charge is 2.01. The number of nitrogens with zero attached hydrogens (tertiary/aromatic N) is 3. The summed E-state index contributed by atoms with van der Waals surface area (Å²) in [5.74, 6) is 0.699. The van der Waals surface area contributed by atoms with Gasteiger partial charge in [-0.05, 0) is 13.0 Å². The Bertz CT molecular complexity index is 391. The molecule has 0 saturated carbocycles. The molecule has 62 valence electrons. The zero-order chi connectivity index (χ0) is 8.55. The van der Waals surface area contributed by atoms with E-state index in [1.54, 1.807) is 6.20 Å². The molecule has 0 aromatic carbocycles. The van der Waals surface area contributed by atoms with Crippen LogP contribution in [-0.4, -0.2) is 14.4 Å². The largest absolute Gasteiger partial charge is 0.323 e. The van der Waals surface area contributed by atoms with Gasteiger partial charge in [-0.25, -0.2) is 9.97 Å². The van der Waals surface area contributed by atoms with Gasteiger partial charge in [0.2, 0.25) is 5.78 Å².